The number of halogens is 1. The van der Waals surface area contributed by atoms with Gasteiger partial charge >= 0.3 is 0 Å². The van der Waals surface area contributed by atoms with Crippen molar-refractivity contribution in [1.29, 1.82) is 0 Å². The molecule has 4 rings (SSSR count). The van der Waals surface area contributed by atoms with Crippen molar-refractivity contribution in [3.05, 3.63) is 71.3 Å². The summed E-state index contributed by atoms with van der Waals surface area (Å²) in [5.74, 6) is 0.203. The molecule has 8 nitrogen and oxygen atoms in total. The van der Waals surface area contributed by atoms with E-state index in [0.29, 0.717) is 34.3 Å². The van der Waals surface area contributed by atoms with Gasteiger partial charge in [0.1, 0.15) is 11.4 Å². The van der Waals surface area contributed by atoms with Crippen molar-refractivity contribution in [3.8, 4) is 11.5 Å². The van der Waals surface area contributed by atoms with E-state index >= 15 is 0 Å². The lowest BCUT2D eigenvalue weighted by atomic mass is 9.93. The number of thioether (sulfide) groups is 1. The van der Waals surface area contributed by atoms with E-state index in [2.05, 4.69) is 15.3 Å². The van der Waals surface area contributed by atoms with E-state index in [0.717, 1.165) is 11.4 Å². The van der Waals surface area contributed by atoms with Gasteiger partial charge in [0.25, 0.3) is 0 Å². The zero-order valence-electron chi connectivity index (χ0n) is 21.2. The minimum absolute atomic E-state index is 0.0387. The Hall–Kier alpha value is -3.66. The summed E-state index contributed by atoms with van der Waals surface area (Å²) < 4.78 is 24.3. The predicted molar refractivity (Wildman–Crippen MR) is 139 cm³/mol. The van der Waals surface area contributed by atoms with Gasteiger partial charge in [-0.2, -0.15) is 0 Å². The van der Waals surface area contributed by atoms with Crippen LogP contribution < -0.4 is 14.8 Å². The van der Waals surface area contributed by atoms with Crippen molar-refractivity contribution < 1.29 is 23.5 Å². The Kier molecular flexibility index (Phi) is 7.97. The van der Waals surface area contributed by atoms with Gasteiger partial charge in [0.15, 0.2) is 16.7 Å². The van der Waals surface area contributed by atoms with Crippen LogP contribution in [-0.2, 0) is 16.1 Å². The molecule has 2 aromatic carbocycles. The highest BCUT2D eigenvalue weighted by atomic mass is 32.2. The number of hydrogen-bond acceptors (Lipinski definition) is 7. The second-order valence-electron chi connectivity index (χ2n) is 8.98. The molecule has 0 bridgehead atoms. The quantitative estimate of drug-likeness (QED) is 0.315. The average molecular weight is 525 g/mol. The Labute approximate surface area is 219 Å². The number of hydrogen-bond donors (Lipinski definition) is 1. The molecule has 1 aromatic heterocycles. The summed E-state index contributed by atoms with van der Waals surface area (Å²) in [6.07, 6.45) is 0.348. The van der Waals surface area contributed by atoms with Crippen molar-refractivity contribution >= 4 is 29.3 Å². The lowest BCUT2D eigenvalue weighted by Crippen LogP contribution is -2.57. The van der Waals surface area contributed by atoms with E-state index in [-0.39, 0.29) is 36.7 Å². The summed E-state index contributed by atoms with van der Waals surface area (Å²) in [7, 11) is 0. The van der Waals surface area contributed by atoms with E-state index in [4.69, 9.17) is 9.47 Å². The largest absolute Gasteiger partial charge is 0.454 e. The highest BCUT2D eigenvalue weighted by Gasteiger charge is 2.41. The number of aromatic nitrogens is 2. The topological polar surface area (TPSA) is 93.7 Å². The smallest absolute Gasteiger partial charge is 0.250 e. The number of benzene rings is 2. The Balaban J connectivity index is 1.59. The molecule has 37 heavy (non-hydrogen) atoms. The van der Waals surface area contributed by atoms with Gasteiger partial charge in [-0.25, -0.2) is 14.4 Å². The highest BCUT2D eigenvalue weighted by Crippen LogP contribution is 2.35. The fourth-order valence-electron chi connectivity index (χ4n) is 3.99. The summed E-state index contributed by atoms with van der Waals surface area (Å²) in [6, 6.07) is 12.9. The molecule has 1 aliphatic rings. The van der Waals surface area contributed by atoms with Gasteiger partial charge in [-0.1, -0.05) is 30.8 Å². The second kappa shape index (κ2) is 11.2. The molecule has 3 aromatic rings. The normalized spacial score (nSPS) is 13.6. The van der Waals surface area contributed by atoms with Gasteiger partial charge in [-0.05, 0) is 63.1 Å². The fraction of sp³-hybridized carbons (Fsp3) is 0.333. The molecule has 1 unspecified atom stereocenters. The van der Waals surface area contributed by atoms with E-state index in [9.17, 15) is 14.0 Å². The molecule has 0 radical (unpaired) electrons. The lowest BCUT2D eigenvalue weighted by Gasteiger charge is -2.39. The van der Waals surface area contributed by atoms with Crippen LogP contribution in [0.15, 0.2) is 53.7 Å². The van der Waals surface area contributed by atoms with Crippen molar-refractivity contribution in [2.45, 2.75) is 51.4 Å². The van der Waals surface area contributed by atoms with E-state index in [1.165, 1.54) is 28.8 Å². The monoisotopic (exact) mass is 524 g/mol. The molecule has 1 N–H and O–H groups in total. The number of carbonyl (C=O) groups excluding carboxylic acids is 2. The number of fused-ring (bicyclic) bond motifs is 1. The molecule has 0 aliphatic carbocycles. The van der Waals surface area contributed by atoms with Crippen LogP contribution in [0.3, 0.4) is 0 Å². The lowest BCUT2D eigenvalue weighted by molar-refractivity contribution is -0.143. The maximum atomic E-state index is 13.7. The van der Waals surface area contributed by atoms with Crippen LogP contribution in [0.1, 0.15) is 37.2 Å². The molecule has 10 heteroatoms. The van der Waals surface area contributed by atoms with Gasteiger partial charge in [-0.3, -0.25) is 9.59 Å². The molecule has 1 atom stereocenters. The van der Waals surface area contributed by atoms with Crippen molar-refractivity contribution in [2.75, 3.05) is 17.9 Å². The Morgan fingerprint density at radius 3 is 2.41 bits per heavy atom. The van der Waals surface area contributed by atoms with Gasteiger partial charge < -0.3 is 19.7 Å². The molecule has 0 saturated carbocycles. The zero-order chi connectivity index (χ0) is 26.6. The fourth-order valence-corrected chi connectivity index (χ4v) is 4.81. The van der Waals surface area contributed by atoms with E-state index < -0.39 is 5.54 Å². The first kappa shape index (κ1) is 26.4. The molecule has 0 fully saturated rings. The number of anilines is 1. The Morgan fingerprint density at radius 2 is 1.73 bits per heavy atom. The van der Waals surface area contributed by atoms with Gasteiger partial charge in [-0.15, -0.1) is 0 Å². The number of aryl methyl sites for hydroxylation is 2. The zero-order valence-corrected chi connectivity index (χ0v) is 22.0. The number of nitrogens with one attached hydrogen (secondary N) is 1. The first-order valence-electron chi connectivity index (χ1n) is 11.9. The molecule has 1 aliphatic heterocycles. The Morgan fingerprint density at radius 1 is 1.05 bits per heavy atom. The minimum atomic E-state index is -1.20. The SMILES string of the molecule is CCC(C)(C(=O)Nc1ccc2c(c1)OCO2)N(Cc1ccc(F)cc1)C(=O)CSc1nc(C)cc(C)n1. The molecule has 2 heterocycles. The predicted octanol–water partition coefficient (Wildman–Crippen LogP) is 4.89. The number of rotatable bonds is 9. The van der Waals surface area contributed by atoms with E-state index in [1.54, 1.807) is 37.3 Å². The summed E-state index contributed by atoms with van der Waals surface area (Å²) in [6.45, 7) is 7.58. The molecular formula is C27H29FN4O4S. The third kappa shape index (κ3) is 6.19. The van der Waals surface area contributed by atoms with Crippen molar-refractivity contribution in [3.63, 3.8) is 0 Å². The van der Waals surface area contributed by atoms with Crippen LogP contribution >= 0.6 is 11.8 Å². The molecule has 194 valence electrons. The maximum Gasteiger partial charge on any atom is 0.250 e. The standard InChI is InChI=1S/C27H29FN4O4S/c1-5-27(4,25(34)31-21-10-11-22-23(13-21)36-16-35-22)32(14-19-6-8-20(28)9-7-19)24(33)15-37-26-29-17(2)12-18(3)30-26/h6-13H,5,14-16H2,1-4H3,(H,31,34). The van der Waals surface area contributed by atoms with Crippen LogP contribution in [0.25, 0.3) is 0 Å². The number of amides is 2. The first-order chi connectivity index (χ1) is 17.7. The summed E-state index contributed by atoms with van der Waals surface area (Å²) >= 11 is 1.22. The molecule has 0 spiro atoms. The molecule has 2 amide bonds. The van der Waals surface area contributed by atoms with Crippen LogP contribution in [0.4, 0.5) is 10.1 Å². The summed E-state index contributed by atoms with van der Waals surface area (Å²) in [5.41, 5.74) is 1.66. The first-order valence-corrected chi connectivity index (χ1v) is 12.9. The third-order valence-corrected chi connectivity index (χ3v) is 7.08. The van der Waals surface area contributed by atoms with Crippen LogP contribution in [0, 0.1) is 19.7 Å². The third-order valence-electron chi connectivity index (χ3n) is 6.25. The maximum absolute atomic E-state index is 13.7. The number of ether oxygens (including phenoxy) is 2. The highest BCUT2D eigenvalue weighted by molar-refractivity contribution is 7.99. The van der Waals surface area contributed by atoms with Crippen molar-refractivity contribution in [1.82, 2.24) is 14.9 Å². The summed E-state index contributed by atoms with van der Waals surface area (Å²) in [4.78, 5) is 37.6. The van der Waals surface area contributed by atoms with Gasteiger partial charge in [0.05, 0.1) is 5.75 Å². The number of carbonyl (C=O) groups is 2. The van der Waals surface area contributed by atoms with Crippen LogP contribution in [0.5, 0.6) is 11.5 Å². The Bertz CT molecular complexity index is 1280. The molecular weight excluding hydrogens is 495 g/mol. The van der Waals surface area contributed by atoms with Crippen LogP contribution in [-0.4, -0.2) is 44.8 Å². The van der Waals surface area contributed by atoms with Crippen LogP contribution in [0.2, 0.25) is 0 Å². The summed E-state index contributed by atoms with van der Waals surface area (Å²) in [5, 5.41) is 3.42. The molecule has 0 saturated heterocycles. The second-order valence-corrected chi connectivity index (χ2v) is 9.92. The van der Waals surface area contributed by atoms with E-state index in [1.807, 2.05) is 26.8 Å². The average Bonchev–Trinajstić information content (AvgIpc) is 3.34. The van der Waals surface area contributed by atoms with Gasteiger partial charge in [0, 0.05) is 29.7 Å². The minimum Gasteiger partial charge on any atom is -0.454 e. The number of nitrogens with zero attached hydrogens (tertiary/aromatic N) is 3. The van der Waals surface area contributed by atoms with Gasteiger partial charge in [0.2, 0.25) is 18.6 Å². The van der Waals surface area contributed by atoms with Crippen molar-refractivity contribution in [2.24, 2.45) is 0 Å².